The van der Waals surface area contributed by atoms with Crippen molar-refractivity contribution in [3.05, 3.63) is 47.7 Å². The highest BCUT2D eigenvalue weighted by molar-refractivity contribution is 5.30. The topological polar surface area (TPSA) is 51.0 Å². The molecular formula is C16H21N3O. The van der Waals surface area contributed by atoms with E-state index < -0.39 is 0 Å². The molecule has 1 saturated carbocycles. The molecule has 3 rings (SSSR count). The van der Waals surface area contributed by atoms with Gasteiger partial charge in [0.05, 0.1) is 0 Å². The second-order valence-corrected chi connectivity index (χ2v) is 5.39. The highest BCUT2D eigenvalue weighted by Gasteiger charge is 2.43. The fourth-order valence-electron chi connectivity index (χ4n) is 2.55. The number of nitrogens with one attached hydrogen (secondary N) is 1. The molecule has 2 atom stereocenters. The van der Waals surface area contributed by atoms with Crippen LogP contribution in [0.15, 0.2) is 34.7 Å². The van der Waals surface area contributed by atoms with Crippen LogP contribution in [0.25, 0.3) is 0 Å². The lowest BCUT2D eigenvalue weighted by Gasteiger charge is -1.98. The van der Waals surface area contributed by atoms with E-state index in [-0.39, 0.29) is 0 Å². The third-order valence-corrected chi connectivity index (χ3v) is 3.76. The summed E-state index contributed by atoms with van der Waals surface area (Å²) < 4.78 is 5.78. The molecule has 4 heteroatoms. The summed E-state index contributed by atoms with van der Waals surface area (Å²) in [6.45, 7) is 4.11. The molecule has 1 N–H and O–H groups in total. The molecule has 1 fully saturated rings. The largest absolute Gasteiger partial charge is 0.425 e. The predicted octanol–water partition coefficient (Wildman–Crippen LogP) is 2.88. The van der Waals surface area contributed by atoms with Crippen LogP contribution in [-0.2, 0) is 6.42 Å². The molecule has 1 aromatic carbocycles. The van der Waals surface area contributed by atoms with Gasteiger partial charge < -0.3 is 9.73 Å². The van der Waals surface area contributed by atoms with Crippen LogP contribution in [0.1, 0.15) is 48.9 Å². The van der Waals surface area contributed by atoms with Crippen LogP contribution in [0.5, 0.6) is 0 Å². The SMILES string of the molecule is CCCNCCc1nnc(C2CC2c2ccccc2)o1. The molecule has 0 amide bonds. The molecule has 20 heavy (non-hydrogen) atoms. The molecular weight excluding hydrogens is 250 g/mol. The molecule has 4 nitrogen and oxygen atoms in total. The van der Waals surface area contributed by atoms with E-state index in [4.69, 9.17) is 4.42 Å². The Morgan fingerprint density at radius 1 is 1.15 bits per heavy atom. The Bertz CT molecular complexity index is 538. The van der Waals surface area contributed by atoms with Crippen molar-refractivity contribution in [2.24, 2.45) is 0 Å². The monoisotopic (exact) mass is 271 g/mol. The van der Waals surface area contributed by atoms with Gasteiger partial charge in [-0.2, -0.15) is 0 Å². The summed E-state index contributed by atoms with van der Waals surface area (Å²) in [7, 11) is 0. The molecule has 1 aliphatic rings. The summed E-state index contributed by atoms with van der Waals surface area (Å²) in [5, 5.41) is 11.7. The average Bonchev–Trinajstić information content (AvgIpc) is 3.16. The summed E-state index contributed by atoms with van der Waals surface area (Å²) in [6, 6.07) is 10.6. The van der Waals surface area contributed by atoms with Gasteiger partial charge in [0.1, 0.15) is 0 Å². The maximum atomic E-state index is 5.78. The first-order chi connectivity index (χ1) is 9.88. The Morgan fingerprint density at radius 2 is 2.00 bits per heavy atom. The summed E-state index contributed by atoms with van der Waals surface area (Å²) >= 11 is 0. The molecule has 0 bridgehead atoms. The van der Waals surface area contributed by atoms with Crippen molar-refractivity contribution < 1.29 is 4.42 Å². The number of hydrogen-bond donors (Lipinski definition) is 1. The average molecular weight is 271 g/mol. The van der Waals surface area contributed by atoms with Gasteiger partial charge >= 0.3 is 0 Å². The number of nitrogens with zero attached hydrogens (tertiary/aromatic N) is 2. The van der Waals surface area contributed by atoms with Gasteiger partial charge in [-0.3, -0.25) is 0 Å². The lowest BCUT2D eigenvalue weighted by Crippen LogP contribution is -2.17. The van der Waals surface area contributed by atoms with Crippen LogP contribution >= 0.6 is 0 Å². The van der Waals surface area contributed by atoms with Crippen LogP contribution in [0, 0.1) is 0 Å². The van der Waals surface area contributed by atoms with E-state index in [0.717, 1.165) is 44.1 Å². The Labute approximate surface area is 119 Å². The minimum absolute atomic E-state index is 0.419. The molecule has 2 aromatic rings. The summed E-state index contributed by atoms with van der Waals surface area (Å²) in [5.41, 5.74) is 1.38. The van der Waals surface area contributed by atoms with Crippen molar-refractivity contribution in [1.29, 1.82) is 0 Å². The van der Waals surface area contributed by atoms with Crippen molar-refractivity contribution in [2.45, 2.75) is 38.0 Å². The summed E-state index contributed by atoms with van der Waals surface area (Å²) in [5.74, 6) is 2.54. The molecule has 106 valence electrons. The maximum absolute atomic E-state index is 5.78. The highest BCUT2D eigenvalue weighted by atomic mass is 16.4. The fraction of sp³-hybridized carbons (Fsp3) is 0.500. The Morgan fingerprint density at radius 3 is 2.80 bits per heavy atom. The maximum Gasteiger partial charge on any atom is 0.220 e. The highest BCUT2D eigenvalue weighted by Crippen LogP contribution is 2.53. The van der Waals surface area contributed by atoms with Gasteiger partial charge in [-0.1, -0.05) is 37.3 Å². The quantitative estimate of drug-likeness (QED) is 0.787. The van der Waals surface area contributed by atoms with Gasteiger partial charge in [0.2, 0.25) is 11.8 Å². The van der Waals surface area contributed by atoms with Gasteiger partial charge in [0.15, 0.2) is 0 Å². The Hall–Kier alpha value is -1.68. The molecule has 1 heterocycles. The van der Waals surface area contributed by atoms with E-state index in [1.807, 2.05) is 0 Å². The minimum Gasteiger partial charge on any atom is -0.425 e. The lowest BCUT2D eigenvalue weighted by molar-refractivity contribution is 0.443. The zero-order chi connectivity index (χ0) is 13.8. The van der Waals surface area contributed by atoms with E-state index in [1.165, 1.54) is 5.56 Å². The van der Waals surface area contributed by atoms with Crippen LogP contribution in [0.2, 0.25) is 0 Å². The van der Waals surface area contributed by atoms with E-state index in [0.29, 0.717) is 11.8 Å². The Kier molecular flexibility index (Phi) is 4.11. The van der Waals surface area contributed by atoms with Crippen molar-refractivity contribution in [3.8, 4) is 0 Å². The number of benzene rings is 1. The second-order valence-electron chi connectivity index (χ2n) is 5.39. The zero-order valence-corrected chi connectivity index (χ0v) is 11.9. The number of rotatable bonds is 7. The van der Waals surface area contributed by atoms with Crippen molar-refractivity contribution in [1.82, 2.24) is 15.5 Å². The number of aromatic nitrogens is 2. The smallest absolute Gasteiger partial charge is 0.220 e. The molecule has 2 unspecified atom stereocenters. The minimum atomic E-state index is 0.419. The fourth-order valence-corrected chi connectivity index (χ4v) is 2.55. The molecule has 0 saturated heterocycles. The first-order valence-corrected chi connectivity index (χ1v) is 7.46. The van der Waals surface area contributed by atoms with Crippen molar-refractivity contribution >= 4 is 0 Å². The van der Waals surface area contributed by atoms with Crippen molar-refractivity contribution in [3.63, 3.8) is 0 Å². The van der Waals surface area contributed by atoms with Crippen molar-refractivity contribution in [2.75, 3.05) is 13.1 Å². The summed E-state index contributed by atoms with van der Waals surface area (Å²) in [4.78, 5) is 0. The molecule has 1 aliphatic carbocycles. The first kappa shape index (κ1) is 13.3. The van der Waals surface area contributed by atoms with Crippen LogP contribution < -0.4 is 5.32 Å². The standard InChI is InChI=1S/C16H21N3O/c1-2-9-17-10-8-15-18-19-16(20-15)14-11-13(14)12-6-4-3-5-7-12/h3-7,13-14,17H,2,8-11H2,1H3. The van der Waals surface area contributed by atoms with Crippen LogP contribution in [-0.4, -0.2) is 23.3 Å². The van der Waals surface area contributed by atoms with Crippen LogP contribution in [0.3, 0.4) is 0 Å². The number of hydrogen-bond acceptors (Lipinski definition) is 4. The lowest BCUT2D eigenvalue weighted by atomic mass is 10.1. The van der Waals surface area contributed by atoms with Gasteiger partial charge in [-0.05, 0) is 30.9 Å². The van der Waals surface area contributed by atoms with Gasteiger partial charge in [-0.25, -0.2) is 0 Å². The normalized spacial score (nSPS) is 21.1. The van der Waals surface area contributed by atoms with E-state index in [2.05, 4.69) is 52.8 Å². The van der Waals surface area contributed by atoms with E-state index in [1.54, 1.807) is 0 Å². The molecule has 0 aliphatic heterocycles. The second kappa shape index (κ2) is 6.18. The predicted molar refractivity (Wildman–Crippen MR) is 77.7 cm³/mol. The molecule has 0 spiro atoms. The third-order valence-electron chi connectivity index (χ3n) is 3.76. The van der Waals surface area contributed by atoms with Gasteiger partial charge in [0.25, 0.3) is 0 Å². The van der Waals surface area contributed by atoms with Crippen LogP contribution in [0.4, 0.5) is 0 Å². The van der Waals surface area contributed by atoms with Gasteiger partial charge in [-0.15, -0.1) is 10.2 Å². The van der Waals surface area contributed by atoms with Gasteiger partial charge in [0, 0.05) is 18.9 Å². The van der Waals surface area contributed by atoms with E-state index >= 15 is 0 Å². The molecule has 1 aromatic heterocycles. The first-order valence-electron chi connectivity index (χ1n) is 7.46. The third kappa shape index (κ3) is 3.07. The Balaban J connectivity index is 1.54. The summed E-state index contributed by atoms with van der Waals surface area (Å²) in [6.07, 6.45) is 3.09. The zero-order valence-electron chi connectivity index (χ0n) is 11.9. The molecule has 0 radical (unpaired) electrons. The van der Waals surface area contributed by atoms with E-state index in [9.17, 15) is 0 Å².